The second-order valence-electron chi connectivity index (χ2n) is 4.05. The zero-order chi connectivity index (χ0) is 13.8. The van der Waals surface area contributed by atoms with Gasteiger partial charge in [-0.25, -0.2) is 4.79 Å². The number of urea groups is 1. The Hall–Kier alpha value is -1.52. The lowest BCUT2D eigenvalue weighted by Gasteiger charge is -2.09. The van der Waals surface area contributed by atoms with Crippen LogP contribution in [0.3, 0.4) is 0 Å². The molecule has 0 bridgehead atoms. The summed E-state index contributed by atoms with van der Waals surface area (Å²) in [6, 6.07) is 12.3. The Morgan fingerprint density at radius 2 is 1.63 bits per heavy atom. The molecule has 0 atom stereocenters. The number of halogens is 2. The van der Waals surface area contributed by atoms with E-state index in [9.17, 15) is 4.79 Å². The minimum Gasteiger partial charge on any atom is -0.308 e. The fourth-order valence-corrected chi connectivity index (χ4v) is 1.92. The molecular weight excluding hydrogens is 328 g/mol. The van der Waals surface area contributed by atoms with Gasteiger partial charge in [-0.2, -0.15) is 0 Å². The number of amides is 2. The number of nitrogens with one attached hydrogen (secondary N) is 2. The monoisotopic (exact) mass is 338 g/mol. The molecule has 98 valence electrons. The van der Waals surface area contributed by atoms with E-state index in [-0.39, 0.29) is 6.03 Å². The Morgan fingerprint density at radius 3 is 2.26 bits per heavy atom. The lowest BCUT2D eigenvalue weighted by molar-refractivity contribution is 0.262. The molecule has 0 saturated heterocycles. The molecule has 2 rings (SSSR count). The number of anilines is 2. The van der Waals surface area contributed by atoms with Crippen LogP contribution in [0.25, 0.3) is 0 Å². The first kappa shape index (κ1) is 13.9. The predicted octanol–water partition coefficient (Wildman–Crippen LogP) is 5.05. The number of aryl methyl sites for hydroxylation is 1. The number of carbonyl (C=O) groups is 1. The van der Waals surface area contributed by atoms with Crippen LogP contribution in [-0.2, 0) is 0 Å². The van der Waals surface area contributed by atoms with Crippen LogP contribution in [0.1, 0.15) is 5.56 Å². The highest BCUT2D eigenvalue weighted by Crippen LogP contribution is 2.20. The summed E-state index contributed by atoms with van der Waals surface area (Å²) in [5.74, 6) is 0. The van der Waals surface area contributed by atoms with Crippen molar-refractivity contribution in [3.63, 3.8) is 0 Å². The molecule has 2 N–H and O–H groups in total. The first-order valence-electron chi connectivity index (χ1n) is 5.64. The van der Waals surface area contributed by atoms with Gasteiger partial charge in [0.05, 0.1) is 0 Å². The zero-order valence-corrected chi connectivity index (χ0v) is 12.5. The first-order valence-corrected chi connectivity index (χ1v) is 6.81. The van der Waals surface area contributed by atoms with Crippen molar-refractivity contribution >= 4 is 44.9 Å². The molecule has 19 heavy (non-hydrogen) atoms. The van der Waals surface area contributed by atoms with Crippen molar-refractivity contribution in [2.24, 2.45) is 0 Å². The number of rotatable bonds is 2. The number of hydrogen-bond donors (Lipinski definition) is 2. The molecule has 2 aromatic carbocycles. The Balaban J connectivity index is 2.01. The minimum absolute atomic E-state index is 0.288. The Kier molecular flexibility index (Phi) is 4.45. The Morgan fingerprint density at radius 1 is 1.05 bits per heavy atom. The maximum absolute atomic E-state index is 11.8. The maximum Gasteiger partial charge on any atom is 0.323 e. The van der Waals surface area contributed by atoms with Crippen molar-refractivity contribution in [2.45, 2.75) is 6.92 Å². The van der Waals surface area contributed by atoms with Gasteiger partial charge >= 0.3 is 6.03 Å². The highest BCUT2D eigenvalue weighted by Gasteiger charge is 2.03. The van der Waals surface area contributed by atoms with Crippen molar-refractivity contribution in [2.75, 3.05) is 10.6 Å². The van der Waals surface area contributed by atoms with E-state index >= 15 is 0 Å². The van der Waals surface area contributed by atoms with Gasteiger partial charge < -0.3 is 10.6 Å². The minimum atomic E-state index is -0.288. The lowest BCUT2D eigenvalue weighted by Crippen LogP contribution is -2.19. The van der Waals surface area contributed by atoms with Crippen LogP contribution in [-0.4, -0.2) is 6.03 Å². The fraction of sp³-hybridized carbons (Fsp3) is 0.0714. The molecule has 0 fully saturated rings. The van der Waals surface area contributed by atoms with Crippen LogP contribution in [0, 0.1) is 6.92 Å². The van der Waals surface area contributed by atoms with Crippen LogP contribution >= 0.6 is 27.5 Å². The molecule has 0 aliphatic heterocycles. The van der Waals surface area contributed by atoms with Crippen molar-refractivity contribution in [3.8, 4) is 0 Å². The van der Waals surface area contributed by atoms with Crippen LogP contribution in [0.15, 0.2) is 46.9 Å². The van der Waals surface area contributed by atoms with Gasteiger partial charge in [-0.1, -0.05) is 27.5 Å². The van der Waals surface area contributed by atoms with E-state index in [2.05, 4.69) is 26.6 Å². The second-order valence-corrected chi connectivity index (χ2v) is 5.34. The van der Waals surface area contributed by atoms with E-state index in [4.69, 9.17) is 11.6 Å². The fourth-order valence-electron chi connectivity index (χ4n) is 1.55. The van der Waals surface area contributed by atoms with Crippen molar-refractivity contribution in [1.29, 1.82) is 0 Å². The Bertz CT molecular complexity index is 599. The molecule has 2 aromatic rings. The number of hydrogen-bond acceptors (Lipinski definition) is 1. The van der Waals surface area contributed by atoms with Gasteiger partial charge in [-0.3, -0.25) is 0 Å². The molecule has 5 heteroatoms. The summed E-state index contributed by atoms with van der Waals surface area (Å²) in [5, 5.41) is 6.13. The SMILES string of the molecule is Cc1cc(NC(=O)Nc2ccc(Cl)cc2)ccc1Br. The highest BCUT2D eigenvalue weighted by atomic mass is 79.9. The molecule has 0 saturated carbocycles. The van der Waals surface area contributed by atoms with Gasteiger partial charge in [0.2, 0.25) is 0 Å². The number of benzene rings is 2. The van der Waals surface area contributed by atoms with E-state index in [1.807, 2.05) is 25.1 Å². The largest absolute Gasteiger partial charge is 0.323 e. The van der Waals surface area contributed by atoms with Gasteiger partial charge in [0.15, 0.2) is 0 Å². The summed E-state index contributed by atoms with van der Waals surface area (Å²) in [5.41, 5.74) is 2.49. The summed E-state index contributed by atoms with van der Waals surface area (Å²) in [6.07, 6.45) is 0. The van der Waals surface area contributed by atoms with Crippen molar-refractivity contribution < 1.29 is 4.79 Å². The van der Waals surface area contributed by atoms with Crippen LogP contribution in [0.2, 0.25) is 5.02 Å². The third kappa shape index (κ3) is 3.98. The quantitative estimate of drug-likeness (QED) is 0.789. The maximum atomic E-state index is 11.8. The van der Waals surface area contributed by atoms with E-state index in [0.717, 1.165) is 15.7 Å². The van der Waals surface area contributed by atoms with E-state index in [1.54, 1.807) is 24.3 Å². The average molecular weight is 340 g/mol. The second kappa shape index (κ2) is 6.08. The van der Waals surface area contributed by atoms with Crippen LogP contribution in [0.5, 0.6) is 0 Å². The van der Waals surface area contributed by atoms with Crippen LogP contribution < -0.4 is 10.6 Å². The zero-order valence-electron chi connectivity index (χ0n) is 10.2. The van der Waals surface area contributed by atoms with Gasteiger partial charge in [0, 0.05) is 20.9 Å². The summed E-state index contributed by atoms with van der Waals surface area (Å²) in [4.78, 5) is 11.8. The summed E-state index contributed by atoms with van der Waals surface area (Å²) >= 11 is 9.19. The molecule has 2 amide bonds. The highest BCUT2D eigenvalue weighted by molar-refractivity contribution is 9.10. The molecule has 0 spiro atoms. The average Bonchev–Trinajstić information content (AvgIpc) is 2.37. The van der Waals surface area contributed by atoms with Crippen molar-refractivity contribution in [1.82, 2.24) is 0 Å². The smallest absolute Gasteiger partial charge is 0.308 e. The predicted molar refractivity (Wildman–Crippen MR) is 83.0 cm³/mol. The van der Waals surface area contributed by atoms with Crippen LogP contribution in [0.4, 0.5) is 16.2 Å². The summed E-state index contributed by atoms with van der Waals surface area (Å²) in [6.45, 7) is 1.96. The molecule has 0 aliphatic rings. The third-order valence-corrected chi connectivity index (χ3v) is 3.66. The van der Waals surface area contributed by atoms with Crippen molar-refractivity contribution in [3.05, 3.63) is 57.5 Å². The van der Waals surface area contributed by atoms with Gasteiger partial charge in [0.25, 0.3) is 0 Å². The molecule has 0 unspecified atom stereocenters. The normalized spacial score (nSPS) is 10.1. The summed E-state index contributed by atoms with van der Waals surface area (Å²) < 4.78 is 1.01. The molecule has 0 aliphatic carbocycles. The standard InChI is InChI=1S/C14H12BrClN2O/c1-9-8-12(6-7-13(9)15)18-14(19)17-11-4-2-10(16)3-5-11/h2-8H,1H3,(H2,17,18,19). The van der Waals surface area contributed by atoms with Gasteiger partial charge in [0.1, 0.15) is 0 Å². The van der Waals surface area contributed by atoms with Gasteiger partial charge in [-0.15, -0.1) is 0 Å². The van der Waals surface area contributed by atoms with E-state index in [1.165, 1.54) is 0 Å². The molecular formula is C14H12BrClN2O. The molecule has 0 heterocycles. The molecule has 0 aromatic heterocycles. The molecule has 0 radical (unpaired) electrons. The van der Waals surface area contributed by atoms with E-state index < -0.39 is 0 Å². The van der Waals surface area contributed by atoms with Gasteiger partial charge in [-0.05, 0) is 55.0 Å². The molecule has 3 nitrogen and oxygen atoms in total. The topological polar surface area (TPSA) is 41.1 Å². The Labute approximate surface area is 125 Å². The first-order chi connectivity index (χ1) is 9.04. The van der Waals surface area contributed by atoms with E-state index in [0.29, 0.717) is 10.7 Å². The number of carbonyl (C=O) groups excluding carboxylic acids is 1. The summed E-state index contributed by atoms with van der Waals surface area (Å²) in [7, 11) is 0. The third-order valence-electron chi connectivity index (χ3n) is 2.52. The lowest BCUT2D eigenvalue weighted by atomic mass is 10.2.